The van der Waals surface area contributed by atoms with Gasteiger partial charge in [-0.05, 0) is 45.2 Å². The molecule has 4 rings (SSSR count). The lowest BCUT2D eigenvalue weighted by Crippen LogP contribution is -2.37. The number of hydrogen-bond acceptors (Lipinski definition) is 6. The number of rotatable bonds is 4. The van der Waals surface area contributed by atoms with Gasteiger partial charge in [0.25, 0.3) is 11.6 Å². The van der Waals surface area contributed by atoms with E-state index in [1.54, 1.807) is 6.07 Å². The van der Waals surface area contributed by atoms with Crippen LogP contribution in [0, 0.1) is 17.0 Å². The SMILES string of the molecule is Cc1ccc(-c2noc(-c3ccc(N4CCCCC4C)c([N+](=O)[O-])c3)n2)cc1. The third-order valence-corrected chi connectivity index (χ3v) is 5.27. The molecule has 0 saturated carbocycles. The topological polar surface area (TPSA) is 85.3 Å². The molecular formula is C21H22N4O3. The molecular weight excluding hydrogens is 356 g/mol. The number of nitro benzene ring substituents is 1. The quantitative estimate of drug-likeness (QED) is 0.469. The second-order valence-corrected chi connectivity index (χ2v) is 7.29. The van der Waals surface area contributed by atoms with Gasteiger partial charge in [0.1, 0.15) is 5.69 Å². The van der Waals surface area contributed by atoms with Gasteiger partial charge in [-0.1, -0.05) is 35.0 Å². The maximum Gasteiger partial charge on any atom is 0.293 e. The average Bonchev–Trinajstić information content (AvgIpc) is 3.19. The highest BCUT2D eigenvalue weighted by atomic mass is 16.6. The molecule has 1 atom stereocenters. The lowest BCUT2D eigenvalue weighted by molar-refractivity contribution is -0.384. The number of nitro groups is 1. The Hall–Kier alpha value is -3.22. The summed E-state index contributed by atoms with van der Waals surface area (Å²) in [6, 6.07) is 13.2. The van der Waals surface area contributed by atoms with Crippen molar-refractivity contribution in [2.24, 2.45) is 0 Å². The van der Waals surface area contributed by atoms with E-state index < -0.39 is 0 Å². The fraction of sp³-hybridized carbons (Fsp3) is 0.333. The van der Waals surface area contributed by atoms with E-state index in [0.29, 0.717) is 17.1 Å². The standard InChI is InChI=1S/C21H22N4O3/c1-14-6-8-16(9-7-14)20-22-21(28-23-20)17-10-11-18(19(13-17)25(26)27)24-12-4-3-5-15(24)2/h6-11,13,15H,3-5,12H2,1-2H3. The normalized spacial score (nSPS) is 16.9. The molecule has 0 N–H and O–H groups in total. The van der Waals surface area contributed by atoms with Gasteiger partial charge >= 0.3 is 0 Å². The highest BCUT2D eigenvalue weighted by Gasteiger charge is 2.26. The van der Waals surface area contributed by atoms with Crippen LogP contribution in [0.2, 0.25) is 0 Å². The van der Waals surface area contributed by atoms with Crippen molar-refractivity contribution in [2.45, 2.75) is 39.2 Å². The zero-order chi connectivity index (χ0) is 19.7. The molecule has 0 bridgehead atoms. The Morgan fingerprint density at radius 3 is 2.61 bits per heavy atom. The van der Waals surface area contributed by atoms with Crippen LogP contribution in [0.5, 0.6) is 0 Å². The number of aromatic nitrogens is 2. The number of benzene rings is 2. The Morgan fingerprint density at radius 1 is 1.14 bits per heavy atom. The highest BCUT2D eigenvalue weighted by molar-refractivity contribution is 5.72. The first-order valence-corrected chi connectivity index (χ1v) is 9.49. The molecule has 1 aliphatic rings. The van der Waals surface area contributed by atoms with Crippen molar-refractivity contribution in [1.29, 1.82) is 0 Å². The van der Waals surface area contributed by atoms with Gasteiger partial charge < -0.3 is 9.42 Å². The number of nitrogens with zero attached hydrogens (tertiary/aromatic N) is 4. The molecule has 1 aliphatic heterocycles. The Morgan fingerprint density at radius 2 is 1.89 bits per heavy atom. The van der Waals surface area contributed by atoms with E-state index in [1.807, 2.05) is 37.3 Å². The van der Waals surface area contributed by atoms with Gasteiger partial charge in [0, 0.05) is 29.8 Å². The van der Waals surface area contributed by atoms with Crippen molar-refractivity contribution in [3.63, 3.8) is 0 Å². The van der Waals surface area contributed by atoms with Gasteiger partial charge in [-0.25, -0.2) is 0 Å². The van der Waals surface area contributed by atoms with E-state index in [1.165, 1.54) is 6.07 Å². The molecule has 28 heavy (non-hydrogen) atoms. The van der Waals surface area contributed by atoms with Crippen molar-refractivity contribution in [2.75, 3.05) is 11.4 Å². The van der Waals surface area contributed by atoms with Crippen LogP contribution in [0.1, 0.15) is 31.7 Å². The average molecular weight is 378 g/mol. The summed E-state index contributed by atoms with van der Waals surface area (Å²) in [4.78, 5) is 17.9. The lowest BCUT2D eigenvalue weighted by atomic mass is 10.0. The zero-order valence-electron chi connectivity index (χ0n) is 16.0. The van der Waals surface area contributed by atoms with Crippen LogP contribution < -0.4 is 4.90 Å². The fourth-order valence-electron chi connectivity index (χ4n) is 3.66. The number of aryl methyl sites for hydroxylation is 1. The summed E-state index contributed by atoms with van der Waals surface area (Å²) in [5, 5.41) is 15.8. The van der Waals surface area contributed by atoms with Crippen molar-refractivity contribution in [3.8, 4) is 22.8 Å². The van der Waals surface area contributed by atoms with Gasteiger partial charge in [-0.2, -0.15) is 4.98 Å². The molecule has 0 spiro atoms. The van der Waals surface area contributed by atoms with E-state index in [2.05, 4.69) is 22.0 Å². The molecule has 0 aliphatic carbocycles. The lowest BCUT2D eigenvalue weighted by Gasteiger charge is -2.35. The van der Waals surface area contributed by atoms with Crippen LogP contribution in [0.25, 0.3) is 22.8 Å². The smallest absolute Gasteiger partial charge is 0.293 e. The minimum absolute atomic E-state index is 0.0707. The molecule has 7 nitrogen and oxygen atoms in total. The molecule has 1 unspecified atom stereocenters. The molecule has 2 aromatic carbocycles. The van der Waals surface area contributed by atoms with Crippen molar-refractivity contribution >= 4 is 11.4 Å². The van der Waals surface area contributed by atoms with E-state index in [-0.39, 0.29) is 22.5 Å². The van der Waals surface area contributed by atoms with Gasteiger partial charge in [-0.3, -0.25) is 10.1 Å². The fourth-order valence-corrected chi connectivity index (χ4v) is 3.66. The predicted molar refractivity (Wildman–Crippen MR) is 107 cm³/mol. The Kier molecular flexibility index (Phi) is 4.81. The summed E-state index contributed by atoms with van der Waals surface area (Å²) >= 11 is 0. The largest absolute Gasteiger partial charge is 0.363 e. The third-order valence-electron chi connectivity index (χ3n) is 5.27. The van der Waals surface area contributed by atoms with Crippen molar-refractivity contribution in [1.82, 2.24) is 10.1 Å². The maximum atomic E-state index is 11.7. The molecule has 144 valence electrons. The molecule has 2 heterocycles. The second-order valence-electron chi connectivity index (χ2n) is 7.29. The molecule has 1 saturated heterocycles. The van der Waals surface area contributed by atoms with Crippen LogP contribution >= 0.6 is 0 Å². The summed E-state index contributed by atoms with van der Waals surface area (Å²) in [5.74, 6) is 0.739. The van der Waals surface area contributed by atoms with Crippen LogP contribution in [0.15, 0.2) is 47.0 Å². The second kappa shape index (κ2) is 7.42. The zero-order valence-corrected chi connectivity index (χ0v) is 16.0. The minimum Gasteiger partial charge on any atom is -0.363 e. The Labute approximate surface area is 163 Å². The first kappa shape index (κ1) is 18.2. The number of anilines is 1. The van der Waals surface area contributed by atoms with Crippen LogP contribution in [0.3, 0.4) is 0 Å². The molecule has 1 aromatic heterocycles. The van der Waals surface area contributed by atoms with Gasteiger partial charge in [0.05, 0.1) is 4.92 Å². The molecule has 7 heteroatoms. The van der Waals surface area contributed by atoms with Gasteiger partial charge in [0.15, 0.2) is 0 Å². The van der Waals surface area contributed by atoms with Crippen LogP contribution in [-0.4, -0.2) is 27.7 Å². The Balaban J connectivity index is 1.68. The number of piperidine rings is 1. The molecule has 1 fully saturated rings. The van der Waals surface area contributed by atoms with Crippen molar-refractivity contribution < 1.29 is 9.45 Å². The minimum atomic E-state index is -0.336. The summed E-state index contributed by atoms with van der Waals surface area (Å²) in [6.45, 7) is 4.96. The highest BCUT2D eigenvalue weighted by Crippen LogP contribution is 2.36. The van der Waals surface area contributed by atoms with Crippen molar-refractivity contribution in [3.05, 3.63) is 58.1 Å². The predicted octanol–water partition coefficient (Wildman–Crippen LogP) is 5.00. The molecule has 3 aromatic rings. The van der Waals surface area contributed by atoms with E-state index >= 15 is 0 Å². The maximum absolute atomic E-state index is 11.7. The number of hydrogen-bond donors (Lipinski definition) is 0. The summed E-state index contributed by atoms with van der Waals surface area (Å²) in [7, 11) is 0. The molecule has 0 radical (unpaired) electrons. The van der Waals surface area contributed by atoms with E-state index in [0.717, 1.165) is 36.9 Å². The van der Waals surface area contributed by atoms with Crippen LogP contribution in [-0.2, 0) is 0 Å². The Bertz CT molecular complexity index is 997. The van der Waals surface area contributed by atoms with Crippen LogP contribution in [0.4, 0.5) is 11.4 Å². The van der Waals surface area contributed by atoms with Gasteiger partial charge in [0.2, 0.25) is 5.82 Å². The first-order chi connectivity index (χ1) is 13.5. The van der Waals surface area contributed by atoms with E-state index in [9.17, 15) is 10.1 Å². The van der Waals surface area contributed by atoms with E-state index in [4.69, 9.17) is 4.52 Å². The van der Waals surface area contributed by atoms with Gasteiger partial charge in [-0.15, -0.1) is 0 Å². The first-order valence-electron chi connectivity index (χ1n) is 9.49. The monoisotopic (exact) mass is 378 g/mol. The summed E-state index contributed by atoms with van der Waals surface area (Å²) < 4.78 is 5.38. The summed E-state index contributed by atoms with van der Waals surface area (Å²) in [5.41, 5.74) is 3.26. The summed E-state index contributed by atoms with van der Waals surface area (Å²) in [6.07, 6.45) is 3.25. The third kappa shape index (κ3) is 3.47. The molecule has 0 amide bonds.